The summed E-state index contributed by atoms with van der Waals surface area (Å²) in [5, 5.41) is 0. The van der Waals surface area contributed by atoms with Crippen molar-refractivity contribution in [2.45, 2.75) is 38.6 Å². The molecule has 3 atom stereocenters. The minimum atomic E-state index is -0.242. The molecule has 1 heterocycles. The molecule has 1 aromatic carbocycles. The van der Waals surface area contributed by atoms with Gasteiger partial charge in [-0.3, -0.25) is 9.59 Å². The van der Waals surface area contributed by atoms with Crippen LogP contribution in [0.5, 0.6) is 11.5 Å². The van der Waals surface area contributed by atoms with Crippen LogP contribution in [0.25, 0.3) is 0 Å². The van der Waals surface area contributed by atoms with Gasteiger partial charge in [-0.2, -0.15) is 0 Å². The maximum atomic E-state index is 12.3. The van der Waals surface area contributed by atoms with Gasteiger partial charge in [0, 0.05) is 20.0 Å². The third kappa shape index (κ3) is 4.20. The number of carbonyl (C=O) groups excluding carboxylic acids is 2. The van der Waals surface area contributed by atoms with E-state index in [1.54, 1.807) is 11.9 Å². The lowest BCUT2D eigenvalue weighted by Crippen LogP contribution is -2.31. The number of carbonyl (C=O) groups is 2. The first-order valence-electron chi connectivity index (χ1n) is 9.86. The molecule has 6 heteroatoms. The third-order valence-corrected chi connectivity index (χ3v) is 6.12. The molecule has 6 nitrogen and oxygen atoms in total. The minimum Gasteiger partial charge on any atom is -0.486 e. The zero-order chi connectivity index (χ0) is 18.8. The lowest BCUT2D eigenvalue weighted by Gasteiger charge is -2.22. The quantitative estimate of drug-likeness (QED) is 0.718. The Labute approximate surface area is 159 Å². The van der Waals surface area contributed by atoms with Crippen LogP contribution in [0, 0.1) is 17.8 Å². The fraction of sp³-hybridized carbons (Fsp3) is 0.619. The number of hydrogen-bond acceptors (Lipinski definition) is 5. The van der Waals surface area contributed by atoms with Gasteiger partial charge in [-0.05, 0) is 54.7 Å². The largest absolute Gasteiger partial charge is 0.486 e. The van der Waals surface area contributed by atoms with Gasteiger partial charge in [0.1, 0.15) is 13.2 Å². The van der Waals surface area contributed by atoms with Gasteiger partial charge in [0.25, 0.3) is 5.91 Å². The van der Waals surface area contributed by atoms with Crippen molar-refractivity contribution in [2.75, 3.05) is 26.9 Å². The second-order valence-electron chi connectivity index (χ2n) is 8.03. The fourth-order valence-corrected chi connectivity index (χ4v) is 4.70. The summed E-state index contributed by atoms with van der Waals surface area (Å²) in [6.45, 7) is 1.32. The summed E-state index contributed by atoms with van der Waals surface area (Å²) in [6.07, 6.45) is 5.45. The second kappa shape index (κ2) is 7.79. The number of amides is 1. The van der Waals surface area contributed by atoms with E-state index in [0.717, 1.165) is 23.7 Å². The average molecular weight is 373 g/mol. The summed E-state index contributed by atoms with van der Waals surface area (Å²) >= 11 is 0. The van der Waals surface area contributed by atoms with Crippen LogP contribution < -0.4 is 9.47 Å². The standard InChI is InChI=1S/C21H27NO5/c1-22(12-15-3-5-18-19(10-15)26-7-6-25-18)20(23)13-27-21(24)11-17-9-14-2-4-16(17)8-14/h3,5,10,14,16-17H,2,4,6-9,11-13H2,1H3/t14-,16+,17+/m0/s1. The molecular formula is C21H27NO5. The molecule has 3 aliphatic rings. The van der Waals surface area contributed by atoms with Crippen LogP contribution in [0.15, 0.2) is 18.2 Å². The molecule has 146 valence electrons. The first-order chi connectivity index (χ1) is 13.1. The third-order valence-electron chi connectivity index (χ3n) is 6.12. The molecule has 0 N–H and O–H groups in total. The molecule has 0 radical (unpaired) electrons. The molecule has 2 saturated carbocycles. The summed E-state index contributed by atoms with van der Waals surface area (Å²) in [6, 6.07) is 5.66. The Kier molecular flexibility index (Phi) is 5.23. The molecule has 27 heavy (non-hydrogen) atoms. The first kappa shape index (κ1) is 18.1. The van der Waals surface area contributed by atoms with Crippen LogP contribution in [0.3, 0.4) is 0 Å². The summed E-state index contributed by atoms with van der Waals surface area (Å²) in [7, 11) is 1.71. The first-order valence-corrected chi connectivity index (χ1v) is 9.86. The highest BCUT2D eigenvalue weighted by atomic mass is 16.6. The van der Waals surface area contributed by atoms with E-state index in [0.29, 0.717) is 43.8 Å². The molecule has 1 aliphatic heterocycles. The molecular weight excluding hydrogens is 346 g/mol. The van der Waals surface area contributed by atoms with Crippen molar-refractivity contribution in [2.24, 2.45) is 17.8 Å². The molecule has 0 saturated heterocycles. The highest BCUT2D eigenvalue weighted by Gasteiger charge is 2.40. The Hall–Kier alpha value is -2.24. The molecule has 0 aromatic heterocycles. The van der Waals surface area contributed by atoms with E-state index in [9.17, 15) is 9.59 Å². The van der Waals surface area contributed by atoms with Gasteiger partial charge in [0.15, 0.2) is 18.1 Å². The van der Waals surface area contributed by atoms with Crippen LogP contribution in [-0.4, -0.2) is 43.6 Å². The maximum Gasteiger partial charge on any atom is 0.306 e. The lowest BCUT2D eigenvalue weighted by atomic mass is 9.86. The van der Waals surface area contributed by atoms with Crippen molar-refractivity contribution < 1.29 is 23.8 Å². The Balaban J connectivity index is 1.22. The number of ether oxygens (including phenoxy) is 3. The predicted molar refractivity (Wildman–Crippen MR) is 98.4 cm³/mol. The van der Waals surface area contributed by atoms with Crippen molar-refractivity contribution >= 4 is 11.9 Å². The Bertz CT molecular complexity index is 719. The number of esters is 1. The van der Waals surface area contributed by atoms with E-state index in [1.165, 1.54) is 19.3 Å². The lowest BCUT2D eigenvalue weighted by molar-refractivity contribution is -0.152. The van der Waals surface area contributed by atoms with Crippen molar-refractivity contribution in [1.29, 1.82) is 0 Å². The van der Waals surface area contributed by atoms with E-state index in [-0.39, 0.29) is 18.5 Å². The van der Waals surface area contributed by atoms with Gasteiger partial charge >= 0.3 is 5.97 Å². The topological polar surface area (TPSA) is 65.1 Å². The van der Waals surface area contributed by atoms with E-state index in [4.69, 9.17) is 14.2 Å². The molecule has 2 fully saturated rings. The van der Waals surface area contributed by atoms with Crippen molar-refractivity contribution in [3.63, 3.8) is 0 Å². The zero-order valence-corrected chi connectivity index (χ0v) is 15.8. The van der Waals surface area contributed by atoms with Crippen LogP contribution in [-0.2, 0) is 20.9 Å². The number of hydrogen-bond donors (Lipinski definition) is 0. The normalized spacial score (nSPS) is 25.3. The van der Waals surface area contributed by atoms with Crippen LogP contribution in [0.4, 0.5) is 0 Å². The SMILES string of the molecule is CN(Cc1ccc2c(c1)OCCO2)C(=O)COC(=O)C[C@H]1C[C@H]2CC[C@@H]1C2. The second-order valence-corrected chi connectivity index (χ2v) is 8.03. The highest BCUT2D eigenvalue weighted by molar-refractivity contribution is 5.80. The highest BCUT2D eigenvalue weighted by Crippen LogP contribution is 2.49. The Morgan fingerprint density at radius 2 is 1.96 bits per heavy atom. The fourth-order valence-electron chi connectivity index (χ4n) is 4.70. The maximum absolute atomic E-state index is 12.3. The summed E-state index contributed by atoms with van der Waals surface area (Å²) in [5.41, 5.74) is 0.948. The molecule has 0 spiro atoms. The van der Waals surface area contributed by atoms with Gasteiger partial charge < -0.3 is 19.1 Å². The summed E-state index contributed by atoms with van der Waals surface area (Å²) < 4.78 is 16.3. The average Bonchev–Trinajstić information content (AvgIpc) is 3.29. The van der Waals surface area contributed by atoms with Gasteiger partial charge in [0.05, 0.1) is 0 Å². The van der Waals surface area contributed by atoms with E-state index in [2.05, 4.69) is 0 Å². The van der Waals surface area contributed by atoms with Gasteiger partial charge in [0.2, 0.25) is 0 Å². The summed E-state index contributed by atoms with van der Waals surface area (Å²) in [4.78, 5) is 26.0. The van der Waals surface area contributed by atoms with Crippen LogP contribution >= 0.6 is 0 Å². The van der Waals surface area contributed by atoms with Crippen molar-refractivity contribution in [3.8, 4) is 11.5 Å². The van der Waals surface area contributed by atoms with Crippen LogP contribution in [0.1, 0.15) is 37.7 Å². The minimum absolute atomic E-state index is 0.194. The van der Waals surface area contributed by atoms with Gasteiger partial charge in [-0.1, -0.05) is 12.5 Å². The molecule has 2 bridgehead atoms. The molecule has 2 aliphatic carbocycles. The Morgan fingerprint density at radius 1 is 1.15 bits per heavy atom. The molecule has 1 amide bonds. The monoisotopic (exact) mass is 373 g/mol. The number of rotatable bonds is 6. The van der Waals surface area contributed by atoms with Crippen molar-refractivity contribution in [1.82, 2.24) is 4.90 Å². The summed E-state index contributed by atoms with van der Waals surface area (Å²) in [5.74, 6) is 2.95. The zero-order valence-electron chi connectivity index (χ0n) is 15.8. The molecule has 4 rings (SSSR count). The predicted octanol–water partition coefficient (Wildman–Crippen LogP) is 2.79. The molecule has 1 aromatic rings. The van der Waals surface area contributed by atoms with Crippen LogP contribution in [0.2, 0.25) is 0 Å². The number of likely N-dealkylation sites (N-methyl/N-ethyl adjacent to an activating group) is 1. The van der Waals surface area contributed by atoms with Gasteiger partial charge in [-0.25, -0.2) is 0 Å². The number of benzene rings is 1. The molecule has 0 unspecified atom stereocenters. The van der Waals surface area contributed by atoms with Gasteiger partial charge in [-0.15, -0.1) is 0 Å². The van der Waals surface area contributed by atoms with Crippen molar-refractivity contribution in [3.05, 3.63) is 23.8 Å². The van der Waals surface area contributed by atoms with E-state index >= 15 is 0 Å². The number of fused-ring (bicyclic) bond motifs is 3. The number of nitrogens with zero attached hydrogens (tertiary/aromatic N) is 1. The smallest absolute Gasteiger partial charge is 0.306 e. The Morgan fingerprint density at radius 3 is 2.70 bits per heavy atom. The van der Waals surface area contributed by atoms with E-state index < -0.39 is 0 Å². The van der Waals surface area contributed by atoms with E-state index in [1.807, 2.05) is 18.2 Å².